The van der Waals surface area contributed by atoms with Crippen molar-refractivity contribution in [3.8, 4) is 0 Å². The summed E-state index contributed by atoms with van der Waals surface area (Å²) in [5, 5.41) is 5.91. The molecule has 1 aliphatic carbocycles. The highest BCUT2D eigenvalue weighted by Crippen LogP contribution is 2.20. The fourth-order valence-electron chi connectivity index (χ4n) is 2.80. The summed E-state index contributed by atoms with van der Waals surface area (Å²) < 4.78 is 0. The fraction of sp³-hybridized carbons (Fsp3) is 0.529. The average molecular weight is 303 g/mol. The van der Waals surface area contributed by atoms with Crippen molar-refractivity contribution in [3.05, 3.63) is 29.3 Å². The normalized spacial score (nSPS) is 15.4. The van der Waals surface area contributed by atoms with Gasteiger partial charge in [0, 0.05) is 30.3 Å². The van der Waals surface area contributed by atoms with Crippen molar-refractivity contribution in [2.45, 2.75) is 51.5 Å². The van der Waals surface area contributed by atoms with Gasteiger partial charge in [-0.2, -0.15) is 0 Å². The summed E-state index contributed by atoms with van der Waals surface area (Å²) in [5.74, 6) is -0.139. The van der Waals surface area contributed by atoms with Crippen LogP contribution in [0.15, 0.2) is 18.2 Å². The predicted molar refractivity (Wildman–Crippen MR) is 87.8 cm³/mol. The smallest absolute Gasteiger partial charge is 0.251 e. The Hall–Kier alpha value is -1.88. The Bertz CT molecular complexity index is 537. The molecule has 2 amide bonds. The standard InChI is InChI=1S/C17H25N3O2/c1-12-11-13(7-8-15(12)20-16(21)9-10-18)17(22)19-14-5-3-2-4-6-14/h7-8,11,14H,2-6,9-10,18H2,1H3,(H,19,22)(H,20,21). The molecule has 4 N–H and O–H groups in total. The van der Waals surface area contributed by atoms with E-state index in [1.165, 1.54) is 19.3 Å². The second kappa shape index (κ2) is 7.94. The molecule has 1 fully saturated rings. The molecular formula is C17H25N3O2. The van der Waals surface area contributed by atoms with Crippen LogP contribution in [-0.4, -0.2) is 24.4 Å². The quantitative estimate of drug-likeness (QED) is 0.780. The summed E-state index contributed by atoms with van der Waals surface area (Å²) in [4.78, 5) is 23.9. The number of hydrogen-bond donors (Lipinski definition) is 3. The molecule has 120 valence electrons. The van der Waals surface area contributed by atoms with Crippen molar-refractivity contribution in [2.24, 2.45) is 5.73 Å². The molecule has 0 atom stereocenters. The van der Waals surface area contributed by atoms with Gasteiger partial charge in [-0.05, 0) is 43.5 Å². The van der Waals surface area contributed by atoms with Crippen molar-refractivity contribution in [2.75, 3.05) is 11.9 Å². The highest BCUT2D eigenvalue weighted by molar-refractivity contribution is 5.96. The van der Waals surface area contributed by atoms with Crippen LogP contribution >= 0.6 is 0 Å². The van der Waals surface area contributed by atoms with Crippen molar-refractivity contribution < 1.29 is 9.59 Å². The Morgan fingerprint density at radius 1 is 1.23 bits per heavy atom. The molecule has 1 aromatic carbocycles. The molecule has 5 nitrogen and oxygen atoms in total. The number of nitrogens with two attached hydrogens (primary N) is 1. The molecule has 1 aliphatic rings. The molecule has 1 aromatic rings. The van der Waals surface area contributed by atoms with E-state index in [-0.39, 0.29) is 11.8 Å². The first-order valence-electron chi connectivity index (χ1n) is 8.01. The van der Waals surface area contributed by atoms with Crippen LogP contribution in [0.1, 0.15) is 54.4 Å². The van der Waals surface area contributed by atoms with Gasteiger partial charge in [0.2, 0.25) is 5.91 Å². The Balaban J connectivity index is 1.98. The maximum Gasteiger partial charge on any atom is 0.251 e. The minimum atomic E-state index is -0.106. The minimum absolute atomic E-state index is 0.0326. The number of rotatable bonds is 5. The zero-order valence-corrected chi connectivity index (χ0v) is 13.2. The van der Waals surface area contributed by atoms with Gasteiger partial charge in [-0.1, -0.05) is 19.3 Å². The number of nitrogens with one attached hydrogen (secondary N) is 2. The van der Waals surface area contributed by atoms with Gasteiger partial charge in [-0.3, -0.25) is 9.59 Å². The third kappa shape index (κ3) is 4.56. The van der Waals surface area contributed by atoms with Gasteiger partial charge in [0.1, 0.15) is 0 Å². The summed E-state index contributed by atoms with van der Waals surface area (Å²) in [7, 11) is 0. The summed E-state index contributed by atoms with van der Waals surface area (Å²) in [6, 6.07) is 5.64. The van der Waals surface area contributed by atoms with E-state index in [2.05, 4.69) is 10.6 Å². The highest BCUT2D eigenvalue weighted by Gasteiger charge is 2.17. The minimum Gasteiger partial charge on any atom is -0.349 e. The van der Waals surface area contributed by atoms with Gasteiger partial charge in [-0.25, -0.2) is 0 Å². The van der Waals surface area contributed by atoms with Crippen molar-refractivity contribution in [1.29, 1.82) is 0 Å². The maximum atomic E-state index is 12.3. The number of hydrogen-bond acceptors (Lipinski definition) is 3. The van der Waals surface area contributed by atoms with Gasteiger partial charge in [-0.15, -0.1) is 0 Å². The Morgan fingerprint density at radius 2 is 1.95 bits per heavy atom. The number of carbonyl (C=O) groups is 2. The molecule has 0 saturated heterocycles. The topological polar surface area (TPSA) is 84.2 Å². The van der Waals surface area contributed by atoms with E-state index in [1.54, 1.807) is 12.1 Å². The Labute approximate surface area is 131 Å². The van der Waals surface area contributed by atoms with Gasteiger partial charge < -0.3 is 16.4 Å². The van der Waals surface area contributed by atoms with Gasteiger partial charge >= 0.3 is 0 Å². The maximum absolute atomic E-state index is 12.3. The third-order valence-corrected chi connectivity index (χ3v) is 4.07. The number of benzene rings is 1. The van der Waals surface area contributed by atoms with Crippen LogP contribution in [0.5, 0.6) is 0 Å². The number of anilines is 1. The van der Waals surface area contributed by atoms with Crippen molar-refractivity contribution >= 4 is 17.5 Å². The second-order valence-corrected chi connectivity index (χ2v) is 5.92. The van der Waals surface area contributed by atoms with Crippen LogP contribution in [0.25, 0.3) is 0 Å². The highest BCUT2D eigenvalue weighted by atomic mass is 16.2. The van der Waals surface area contributed by atoms with E-state index < -0.39 is 0 Å². The average Bonchev–Trinajstić information content (AvgIpc) is 2.50. The Kier molecular flexibility index (Phi) is 5.95. The molecular weight excluding hydrogens is 278 g/mol. The van der Waals surface area contributed by atoms with Gasteiger partial charge in [0.05, 0.1) is 0 Å². The SMILES string of the molecule is Cc1cc(C(=O)NC2CCCCC2)ccc1NC(=O)CCN. The van der Waals surface area contributed by atoms with Crippen LogP contribution in [0.4, 0.5) is 5.69 Å². The van der Waals surface area contributed by atoms with E-state index >= 15 is 0 Å². The molecule has 0 bridgehead atoms. The molecule has 0 aromatic heterocycles. The molecule has 0 spiro atoms. The van der Waals surface area contributed by atoms with Crippen LogP contribution in [-0.2, 0) is 4.79 Å². The monoisotopic (exact) mass is 303 g/mol. The zero-order chi connectivity index (χ0) is 15.9. The molecule has 5 heteroatoms. The summed E-state index contributed by atoms with van der Waals surface area (Å²) in [6.45, 7) is 2.21. The lowest BCUT2D eigenvalue weighted by Crippen LogP contribution is -2.36. The van der Waals surface area contributed by atoms with E-state index in [9.17, 15) is 9.59 Å². The second-order valence-electron chi connectivity index (χ2n) is 5.92. The first-order chi connectivity index (χ1) is 10.6. The lowest BCUT2D eigenvalue weighted by molar-refractivity contribution is -0.116. The van der Waals surface area contributed by atoms with Crippen LogP contribution < -0.4 is 16.4 Å². The molecule has 22 heavy (non-hydrogen) atoms. The Morgan fingerprint density at radius 3 is 2.59 bits per heavy atom. The fourth-order valence-corrected chi connectivity index (χ4v) is 2.80. The first kappa shape index (κ1) is 16.5. The number of amides is 2. The number of carbonyl (C=O) groups excluding carboxylic acids is 2. The van der Waals surface area contributed by atoms with Crippen molar-refractivity contribution in [1.82, 2.24) is 5.32 Å². The lowest BCUT2D eigenvalue weighted by atomic mass is 9.95. The zero-order valence-electron chi connectivity index (χ0n) is 13.2. The van der Waals surface area contributed by atoms with Crippen LogP contribution in [0.3, 0.4) is 0 Å². The molecule has 2 rings (SSSR count). The molecule has 0 radical (unpaired) electrons. The van der Waals surface area contributed by atoms with Crippen LogP contribution in [0.2, 0.25) is 0 Å². The number of aryl methyl sites for hydroxylation is 1. The van der Waals surface area contributed by atoms with Gasteiger partial charge in [0.25, 0.3) is 5.91 Å². The van der Waals surface area contributed by atoms with E-state index in [0.717, 1.165) is 24.1 Å². The van der Waals surface area contributed by atoms with E-state index in [4.69, 9.17) is 5.73 Å². The summed E-state index contributed by atoms with van der Waals surface area (Å²) in [6.07, 6.45) is 6.08. The molecule has 0 unspecified atom stereocenters. The summed E-state index contributed by atoms with van der Waals surface area (Å²) >= 11 is 0. The summed E-state index contributed by atoms with van der Waals surface area (Å²) in [5.41, 5.74) is 7.60. The molecule has 1 saturated carbocycles. The van der Waals surface area contributed by atoms with Crippen LogP contribution in [0, 0.1) is 6.92 Å². The van der Waals surface area contributed by atoms with Crippen molar-refractivity contribution in [3.63, 3.8) is 0 Å². The largest absolute Gasteiger partial charge is 0.349 e. The first-order valence-corrected chi connectivity index (χ1v) is 8.01. The van der Waals surface area contributed by atoms with E-state index in [1.807, 2.05) is 13.0 Å². The molecule has 0 aliphatic heterocycles. The lowest BCUT2D eigenvalue weighted by Gasteiger charge is -2.23. The molecule has 0 heterocycles. The van der Waals surface area contributed by atoms with Gasteiger partial charge in [0.15, 0.2) is 0 Å². The van der Waals surface area contributed by atoms with E-state index in [0.29, 0.717) is 24.6 Å². The third-order valence-electron chi connectivity index (χ3n) is 4.07. The predicted octanol–water partition coefficient (Wildman–Crippen LogP) is 2.34.